The third kappa shape index (κ3) is 1.46. The van der Waals surface area contributed by atoms with Gasteiger partial charge in [0.15, 0.2) is 5.78 Å². The van der Waals surface area contributed by atoms with E-state index < -0.39 is 0 Å². The number of Topliss-reactive ketones (excluding diaryl/α,β-unsaturated/α-hetero) is 1. The largest absolute Gasteiger partial charge is 0.315 e. The van der Waals surface area contributed by atoms with E-state index in [0.717, 1.165) is 18.8 Å². The number of nitrogens with one attached hydrogen (secondary N) is 1. The maximum absolute atomic E-state index is 11.9. The summed E-state index contributed by atoms with van der Waals surface area (Å²) in [6.45, 7) is 5.68. The number of carbonyl (C=O) groups is 1. The van der Waals surface area contributed by atoms with Crippen molar-refractivity contribution >= 4 is 5.78 Å². The van der Waals surface area contributed by atoms with E-state index in [-0.39, 0.29) is 17.7 Å². The minimum atomic E-state index is 0.157. The first-order chi connectivity index (χ1) is 6.70. The van der Waals surface area contributed by atoms with Crippen LogP contribution in [-0.4, -0.2) is 28.7 Å². The van der Waals surface area contributed by atoms with Gasteiger partial charge >= 0.3 is 0 Å². The number of rotatable bonds is 3. The maximum atomic E-state index is 11.9. The van der Waals surface area contributed by atoms with Crippen molar-refractivity contribution in [1.82, 2.24) is 15.1 Å². The summed E-state index contributed by atoms with van der Waals surface area (Å²) in [5.41, 5.74) is 0.742. The van der Waals surface area contributed by atoms with E-state index in [2.05, 4.69) is 10.4 Å². The summed E-state index contributed by atoms with van der Waals surface area (Å²) in [6.07, 6.45) is 1.69. The summed E-state index contributed by atoms with van der Waals surface area (Å²) in [6, 6.07) is 2.05. The third-order valence-electron chi connectivity index (χ3n) is 2.56. The fourth-order valence-electron chi connectivity index (χ4n) is 1.60. The molecule has 0 amide bonds. The third-order valence-corrected chi connectivity index (χ3v) is 2.56. The van der Waals surface area contributed by atoms with Gasteiger partial charge in [-0.15, -0.1) is 0 Å². The smallest absolute Gasteiger partial charge is 0.186 e. The molecule has 0 aromatic carbocycles. The van der Waals surface area contributed by atoms with Crippen molar-refractivity contribution in [2.75, 3.05) is 13.1 Å². The van der Waals surface area contributed by atoms with Crippen LogP contribution in [0.2, 0.25) is 0 Å². The van der Waals surface area contributed by atoms with E-state index in [1.54, 1.807) is 16.9 Å². The first-order valence-corrected chi connectivity index (χ1v) is 4.98. The molecule has 0 radical (unpaired) electrons. The highest BCUT2D eigenvalue weighted by atomic mass is 16.1. The van der Waals surface area contributed by atoms with Crippen LogP contribution in [0.4, 0.5) is 0 Å². The molecule has 14 heavy (non-hydrogen) atoms. The Kier molecular flexibility index (Phi) is 2.37. The summed E-state index contributed by atoms with van der Waals surface area (Å²) in [5, 5.41) is 7.26. The molecule has 0 atom stereocenters. The zero-order chi connectivity index (χ0) is 10.1. The lowest BCUT2D eigenvalue weighted by atomic mass is 9.96. The number of hydrogen-bond donors (Lipinski definition) is 1. The zero-order valence-electron chi connectivity index (χ0n) is 8.53. The predicted molar refractivity (Wildman–Crippen MR) is 53.3 cm³/mol. The van der Waals surface area contributed by atoms with Crippen LogP contribution in [-0.2, 0) is 0 Å². The molecule has 1 saturated heterocycles. The molecule has 0 spiro atoms. The van der Waals surface area contributed by atoms with Crippen molar-refractivity contribution in [2.45, 2.75) is 19.9 Å². The second-order valence-corrected chi connectivity index (χ2v) is 3.97. The maximum Gasteiger partial charge on any atom is 0.186 e. The molecule has 1 fully saturated rings. The van der Waals surface area contributed by atoms with Crippen LogP contribution >= 0.6 is 0 Å². The van der Waals surface area contributed by atoms with Gasteiger partial charge in [0.25, 0.3) is 0 Å². The molecule has 0 bridgehead atoms. The molecule has 2 rings (SSSR count). The highest BCUT2D eigenvalue weighted by Crippen LogP contribution is 2.15. The van der Waals surface area contributed by atoms with E-state index in [4.69, 9.17) is 0 Å². The highest BCUT2D eigenvalue weighted by molar-refractivity contribution is 5.97. The van der Waals surface area contributed by atoms with Gasteiger partial charge in [0.1, 0.15) is 5.69 Å². The van der Waals surface area contributed by atoms with E-state index in [1.165, 1.54) is 0 Å². The molecule has 2 heterocycles. The van der Waals surface area contributed by atoms with Crippen molar-refractivity contribution in [3.05, 3.63) is 18.0 Å². The average molecular weight is 193 g/mol. The molecule has 0 unspecified atom stereocenters. The van der Waals surface area contributed by atoms with Crippen molar-refractivity contribution in [2.24, 2.45) is 5.92 Å². The standard InChI is InChI=1S/C10H15N3O/c1-7(2)13-9(3-4-12-13)10(14)8-5-11-6-8/h3-4,7-8,11H,5-6H2,1-2H3. The van der Waals surface area contributed by atoms with Crippen molar-refractivity contribution < 1.29 is 4.79 Å². The minimum Gasteiger partial charge on any atom is -0.315 e. The van der Waals surface area contributed by atoms with Gasteiger partial charge in [0.05, 0.1) is 0 Å². The van der Waals surface area contributed by atoms with Gasteiger partial charge in [0, 0.05) is 31.2 Å². The Hall–Kier alpha value is -1.16. The number of nitrogens with zero attached hydrogens (tertiary/aromatic N) is 2. The van der Waals surface area contributed by atoms with Gasteiger partial charge in [-0.1, -0.05) is 0 Å². The normalized spacial score (nSPS) is 17.1. The minimum absolute atomic E-state index is 0.157. The molecule has 1 aliphatic heterocycles. The molecule has 4 heteroatoms. The summed E-state index contributed by atoms with van der Waals surface area (Å²) >= 11 is 0. The van der Waals surface area contributed by atoms with Crippen LogP contribution in [0.3, 0.4) is 0 Å². The Balaban J connectivity index is 2.22. The molecular formula is C10H15N3O. The lowest BCUT2D eigenvalue weighted by Crippen LogP contribution is -2.47. The van der Waals surface area contributed by atoms with Crippen molar-refractivity contribution in [3.8, 4) is 0 Å². The molecule has 1 aromatic heterocycles. The molecule has 4 nitrogen and oxygen atoms in total. The molecular weight excluding hydrogens is 178 g/mol. The fourth-order valence-corrected chi connectivity index (χ4v) is 1.60. The van der Waals surface area contributed by atoms with E-state index in [9.17, 15) is 4.79 Å². The van der Waals surface area contributed by atoms with Gasteiger partial charge in [-0.05, 0) is 19.9 Å². The number of hydrogen-bond acceptors (Lipinski definition) is 3. The monoisotopic (exact) mass is 193 g/mol. The fraction of sp³-hybridized carbons (Fsp3) is 0.600. The summed E-state index contributed by atoms with van der Waals surface area (Å²) in [5.74, 6) is 0.374. The molecule has 76 valence electrons. The van der Waals surface area contributed by atoms with Gasteiger partial charge in [-0.25, -0.2) is 0 Å². The molecule has 0 aliphatic carbocycles. The second kappa shape index (κ2) is 3.53. The lowest BCUT2D eigenvalue weighted by Gasteiger charge is -2.26. The average Bonchev–Trinajstić information content (AvgIpc) is 2.47. The van der Waals surface area contributed by atoms with Crippen LogP contribution in [0.25, 0.3) is 0 Å². The Morgan fingerprint density at radius 3 is 2.86 bits per heavy atom. The quantitative estimate of drug-likeness (QED) is 0.724. The van der Waals surface area contributed by atoms with Crippen LogP contribution in [0.15, 0.2) is 12.3 Å². The first-order valence-electron chi connectivity index (χ1n) is 4.98. The molecule has 1 aromatic rings. The van der Waals surface area contributed by atoms with Crippen LogP contribution in [0.5, 0.6) is 0 Å². The summed E-state index contributed by atoms with van der Waals surface area (Å²) in [4.78, 5) is 11.9. The van der Waals surface area contributed by atoms with Gasteiger partial charge < -0.3 is 5.32 Å². The van der Waals surface area contributed by atoms with E-state index >= 15 is 0 Å². The van der Waals surface area contributed by atoms with Gasteiger partial charge in [0.2, 0.25) is 0 Å². The van der Waals surface area contributed by atoms with Crippen molar-refractivity contribution in [1.29, 1.82) is 0 Å². The van der Waals surface area contributed by atoms with Gasteiger partial charge in [-0.2, -0.15) is 5.10 Å². The number of carbonyl (C=O) groups excluding carboxylic acids is 1. The van der Waals surface area contributed by atoms with Crippen LogP contribution in [0.1, 0.15) is 30.4 Å². The predicted octanol–water partition coefficient (Wildman–Crippen LogP) is 0.866. The Morgan fingerprint density at radius 2 is 2.36 bits per heavy atom. The summed E-state index contributed by atoms with van der Waals surface area (Å²) in [7, 11) is 0. The van der Waals surface area contributed by atoms with Crippen molar-refractivity contribution in [3.63, 3.8) is 0 Å². The van der Waals surface area contributed by atoms with Gasteiger partial charge in [-0.3, -0.25) is 9.48 Å². The first kappa shape index (κ1) is 9.40. The Morgan fingerprint density at radius 1 is 1.64 bits per heavy atom. The molecule has 0 saturated carbocycles. The second-order valence-electron chi connectivity index (χ2n) is 3.97. The van der Waals surface area contributed by atoms with Crippen LogP contribution < -0.4 is 5.32 Å². The number of aromatic nitrogens is 2. The molecule has 1 aliphatic rings. The SMILES string of the molecule is CC(C)n1nccc1C(=O)C1CNC1. The highest BCUT2D eigenvalue weighted by Gasteiger charge is 2.28. The zero-order valence-corrected chi connectivity index (χ0v) is 8.53. The van der Waals surface area contributed by atoms with E-state index in [1.807, 2.05) is 13.8 Å². The molecule has 1 N–H and O–H groups in total. The Labute approximate surface area is 83.3 Å². The lowest BCUT2D eigenvalue weighted by molar-refractivity contribution is 0.0865. The summed E-state index contributed by atoms with van der Waals surface area (Å²) < 4.78 is 1.79. The van der Waals surface area contributed by atoms with E-state index in [0.29, 0.717) is 0 Å². The Bertz CT molecular complexity index is 339. The topological polar surface area (TPSA) is 46.9 Å². The number of ketones is 1. The van der Waals surface area contributed by atoms with Crippen LogP contribution in [0, 0.1) is 5.92 Å².